The first kappa shape index (κ1) is 19.6. The van der Waals surface area contributed by atoms with Gasteiger partial charge in [0.2, 0.25) is 0 Å². The average molecular weight is 396 g/mol. The highest BCUT2D eigenvalue weighted by Gasteiger charge is 2.49. The molecule has 0 bridgehead atoms. The second kappa shape index (κ2) is 7.95. The minimum atomic E-state index is -0.421. The first-order valence-electron chi connectivity index (χ1n) is 10.0. The Kier molecular flexibility index (Phi) is 5.37. The monoisotopic (exact) mass is 396 g/mol. The van der Waals surface area contributed by atoms with Gasteiger partial charge in [-0.05, 0) is 48.6 Å². The van der Waals surface area contributed by atoms with Crippen LogP contribution in [0.4, 0.5) is 4.39 Å². The van der Waals surface area contributed by atoms with Crippen molar-refractivity contribution < 1.29 is 19.1 Å². The third-order valence-electron chi connectivity index (χ3n) is 6.46. The van der Waals surface area contributed by atoms with Crippen LogP contribution in [0.5, 0.6) is 0 Å². The maximum atomic E-state index is 13.5. The van der Waals surface area contributed by atoms with Gasteiger partial charge in [0.15, 0.2) is 0 Å². The summed E-state index contributed by atoms with van der Waals surface area (Å²) in [6, 6.07) is 14.9. The maximum Gasteiger partial charge on any atom is 0.253 e. The predicted octanol–water partition coefficient (Wildman–Crippen LogP) is 2.81. The minimum absolute atomic E-state index is 0.00147. The fraction of sp³-hybridized carbons (Fsp3) is 0.391. The number of hydrogen-bond acceptors (Lipinski definition) is 3. The number of hydrogen-bond donors (Lipinski definition) is 1. The molecule has 1 N–H and O–H groups in total. The fourth-order valence-electron chi connectivity index (χ4n) is 4.73. The Hall–Kier alpha value is -2.73. The number of amides is 2. The molecule has 4 rings (SSSR count). The molecule has 2 saturated heterocycles. The molecule has 6 heteroatoms. The first-order chi connectivity index (χ1) is 14.0. The number of aliphatic hydroxyl groups is 1. The normalized spacial score (nSPS) is 20.8. The number of carbonyl (C=O) groups is 2. The molecule has 2 fully saturated rings. The Bertz CT molecular complexity index is 894. The van der Waals surface area contributed by atoms with E-state index in [2.05, 4.69) is 0 Å². The van der Waals surface area contributed by atoms with Crippen LogP contribution in [-0.2, 0) is 0 Å². The van der Waals surface area contributed by atoms with Crippen molar-refractivity contribution in [3.8, 4) is 0 Å². The number of piperidine rings is 1. The summed E-state index contributed by atoms with van der Waals surface area (Å²) in [5, 5.41) is 9.98. The van der Waals surface area contributed by atoms with Crippen LogP contribution in [-0.4, -0.2) is 59.5 Å². The average Bonchev–Trinajstić information content (AvgIpc) is 3.11. The summed E-state index contributed by atoms with van der Waals surface area (Å²) < 4.78 is 13.5. The van der Waals surface area contributed by atoms with Crippen LogP contribution in [0.25, 0.3) is 0 Å². The summed E-state index contributed by atoms with van der Waals surface area (Å²) >= 11 is 0. The zero-order valence-corrected chi connectivity index (χ0v) is 16.3. The van der Waals surface area contributed by atoms with E-state index < -0.39 is 5.82 Å². The Balaban J connectivity index is 1.45. The molecule has 2 aromatic carbocycles. The van der Waals surface area contributed by atoms with Gasteiger partial charge in [0, 0.05) is 49.8 Å². The van der Waals surface area contributed by atoms with Gasteiger partial charge in [0.05, 0.1) is 0 Å². The van der Waals surface area contributed by atoms with Gasteiger partial charge in [-0.15, -0.1) is 0 Å². The molecule has 1 spiro atoms. The summed E-state index contributed by atoms with van der Waals surface area (Å²) in [5.41, 5.74) is 0.824. The quantitative estimate of drug-likeness (QED) is 0.868. The molecule has 1 atom stereocenters. The molecular formula is C23H25FN2O3. The lowest BCUT2D eigenvalue weighted by atomic mass is 9.71. The summed E-state index contributed by atoms with van der Waals surface area (Å²) in [7, 11) is 0. The van der Waals surface area contributed by atoms with Crippen molar-refractivity contribution in [3.63, 3.8) is 0 Å². The molecule has 2 heterocycles. The Labute approximate surface area is 169 Å². The van der Waals surface area contributed by atoms with Gasteiger partial charge in [-0.2, -0.15) is 0 Å². The van der Waals surface area contributed by atoms with Gasteiger partial charge in [-0.25, -0.2) is 4.39 Å². The van der Waals surface area contributed by atoms with E-state index in [4.69, 9.17) is 0 Å². The number of halogens is 1. The molecule has 2 aromatic rings. The Morgan fingerprint density at radius 2 is 1.62 bits per heavy atom. The van der Waals surface area contributed by atoms with E-state index in [0.29, 0.717) is 37.3 Å². The van der Waals surface area contributed by atoms with Gasteiger partial charge >= 0.3 is 0 Å². The van der Waals surface area contributed by atoms with E-state index >= 15 is 0 Å². The molecule has 0 aliphatic carbocycles. The summed E-state index contributed by atoms with van der Waals surface area (Å²) in [4.78, 5) is 29.2. The van der Waals surface area contributed by atoms with Gasteiger partial charge < -0.3 is 14.9 Å². The highest BCUT2D eigenvalue weighted by molar-refractivity contribution is 5.95. The topological polar surface area (TPSA) is 60.9 Å². The van der Waals surface area contributed by atoms with E-state index in [0.717, 1.165) is 12.8 Å². The highest BCUT2D eigenvalue weighted by Crippen LogP contribution is 2.45. The molecule has 2 aliphatic rings. The number of nitrogens with zero attached hydrogens (tertiary/aromatic N) is 2. The Morgan fingerprint density at radius 3 is 2.28 bits per heavy atom. The lowest BCUT2D eigenvalue weighted by molar-refractivity contribution is 0.0395. The van der Waals surface area contributed by atoms with Crippen molar-refractivity contribution in [1.29, 1.82) is 0 Å². The highest BCUT2D eigenvalue weighted by atomic mass is 19.1. The first-order valence-corrected chi connectivity index (χ1v) is 10.0. The lowest BCUT2D eigenvalue weighted by Crippen LogP contribution is -2.47. The van der Waals surface area contributed by atoms with Crippen molar-refractivity contribution in [2.45, 2.75) is 12.8 Å². The summed E-state index contributed by atoms with van der Waals surface area (Å²) in [6.45, 7) is 2.23. The van der Waals surface area contributed by atoms with E-state index in [1.54, 1.807) is 17.0 Å². The smallest absolute Gasteiger partial charge is 0.253 e. The fourth-order valence-corrected chi connectivity index (χ4v) is 4.73. The van der Waals surface area contributed by atoms with E-state index in [9.17, 15) is 19.1 Å². The number of benzene rings is 2. The second-order valence-corrected chi connectivity index (χ2v) is 8.10. The van der Waals surface area contributed by atoms with E-state index in [1.807, 2.05) is 35.2 Å². The van der Waals surface area contributed by atoms with Gasteiger partial charge in [0.1, 0.15) is 5.82 Å². The Morgan fingerprint density at radius 1 is 0.966 bits per heavy atom. The van der Waals surface area contributed by atoms with Crippen LogP contribution in [0.3, 0.4) is 0 Å². The van der Waals surface area contributed by atoms with Crippen molar-refractivity contribution in [2.24, 2.45) is 11.3 Å². The molecular weight excluding hydrogens is 371 g/mol. The second-order valence-electron chi connectivity index (χ2n) is 8.10. The van der Waals surface area contributed by atoms with Crippen molar-refractivity contribution in [2.75, 3.05) is 32.8 Å². The zero-order valence-electron chi connectivity index (χ0n) is 16.3. The van der Waals surface area contributed by atoms with Gasteiger partial charge in [-0.1, -0.05) is 24.3 Å². The molecule has 29 heavy (non-hydrogen) atoms. The molecule has 2 aliphatic heterocycles. The standard InChI is InChI=1S/C23H25FN2O3/c24-20-8-4-7-18(13-20)22(29)25-11-9-23(10-12-25)16-26(14-19(23)15-27)21(28)17-5-2-1-3-6-17/h1-8,13,19,27H,9-12,14-16H2/t19-/m0/s1. The summed E-state index contributed by atoms with van der Waals surface area (Å²) in [5.74, 6) is -0.605. The van der Waals surface area contributed by atoms with Crippen LogP contribution in [0.15, 0.2) is 54.6 Å². The van der Waals surface area contributed by atoms with Crippen LogP contribution in [0, 0.1) is 17.2 Å². The maximum absolute atomic E-state index is 13.5. The predicted molar refractivity (Wildman–Crippen MR) is 107 cm³/mol. The van der Waals surface area contributed by atoms with Crippen molar-refractivity contribution >= 4 is 11.8 Å². The van der Waals surface area contributed by atoms with Crippen molar-refractivity contribution in [3.05, 3.63) is 71.5 Å². The zero-order chi connectivity index (χ0) is 20.4. The third kappa shape index (κ3) is 3.77. The molecule has 152 valence electrons. The summed E-state index contributed by atoms with van der Waals surface area (Å²) in [6.07, 6.45) is 1.44. The minimum Gasteiger partial charge on any atom is -0.396 e. The molecule has 5 nitrogen and oxygen atoms in total. The van der Waals surface area contributed by atoms with E-state index in [1.165, 1.54) is 12.1 Å². The number of likely N-dealkylation sites (tertiary alicyclic amines) is 2. The van der Waals surface area contributed by atoms with E-state index in [-0.39, 0.29) is 29.8 Å². The number of carbonyl (C=O) groups excluding carboxylic acids is 2. The largest absolute Gasteiger partial charge is 0.396 e. The third-order valence-corrected chi connectivity index (χ3v) is 6.46. The molecule has 0 aromatic heterocycles. The number of rotatable bonds is 3. The lowest BCUT2D eigenvalue weighted by Gasteiger charge is -2.42. The van der Waals surface area contributed by atoms with Crippen molar-refractivity contribution in [1.82, 2.24) is 9.80 Å². The van der Waals surface area contributed by atoms with Crippen LogP contribution >= 0.6 is 0 Å². The SMILES string of the molecule is O=C(c1cccc(F)c1)N1CCC2(CC1)CN(C(=O)c1ccccc1)C[C@H]2CO. The number of aliphatic hydroxyl groups excluding tert-OH is 1. The van der Waals surface area contributed by atoms with Gasteiger partial charge in [-0.3, -0.25) is 9.59 Å². The van der Waals surface area contributed by atoms with Crippen LogP contribution < -0.4 is 0 Å². The van der Waals surface area contributed by atoms with Gasteiger partial charge in [0.25, 0.3) is 11.8 Å². The van der Waals surface area contributed by atoms with Crippen LogP contribution in [0.1, 0.15) is 33.6 Å². The molecule has 0 saturated carbocycles. The molecule has 0 radical (unpaired) electrons. The molecule has 0 unspecified atom stereocenters. The van der Waals surface area contributed by atoms with Crippen LogP contribution in [0.2, 0.25) is 0 Å². The molecule has 2 amide bonds.